The predicted molar refractivity (Wildman–Crippen MR) is 138 cm³/mol. The van der Waals surface area contributed by atoms with E-state index in [-0.39, 0.29) is 12.1 Å². The molecule has 35 heavy (non-hydrogen) atoms. The third kappa shape index (κ3) is 4.12. The van der Waals surface area contributed by atoms with Gasteiger partial charge in [0.25, 0.3) is 0 Å². The first-order chi connectivity index (χ1) is 17.0. The van der Waals surface area contributed by atoms with Crippen LogP contribution < -0.4 is 14.8 Å². The molecule has 1 aliphatic rings. The number of methoxy groups -OCH3 is 2. The van der Waals surface area contributed by atoms with E-state index in [0.717, 1.165) is 39.3 Å². The van der Waals surface area contributed by atoms with Gasteiger partial charge in [-0.3, -0.25) is 0 Å². The monoisotopic (exact) mass is 467 g/mol. The Bertz CT molecular complexity index is 1390. The number of hydrogen-bond donors (Lipinski definition) is 1. The van der Waals surface area contributed by atoms with E-state index in [2.05, 4.69) is 34.1 Å². The number of aromatic nitrogens is 1. The number of urea groups is 1. The summed E-state index contributed by atoms with van der Waals surface area (Å²) >= 11 is 0. The van der Waals surface area contributed by atoms with Gasteiger partial charge in [-0.2, -0.15) is 0 Å². The summed E-state index contributed by atoms with van der Waals surface area (Å²) in [4.78, 5) is 15.8. The van der Waals surface area contributed by atoms with E-state index in [1.54, 1.807) is 14.2 Å². The van der Waals surface area contributed by atoms with Crippen molar-refractivity contribution in [1.82, 2.24) is 9.47 Å². The lowest BCUT2D eigenvalue weighted by atomic mass is 10.0. The number of aryl methyl sites for hydroxylation is 2. The Morgan fingerprint density at radius 1 is 0.914 bits per heavy atom. The lowest BCUT2D eigenvalue weighted by Gasteiger charge is -2.31. The molecule has 0 radical (unpaired) electrons. The van der Waals surface area contributed by atoms with E-state index >= 15 is 0 Å². The van der Waals surface area contributed by atoms with Crippen LogP contribution in [0.5, 0.6) is 11.5 Å². The maximum absolute atomic E-state index is 13.9. The molecule has 3 aromatic carbocycles. The summed E-state index contributed by atoms with van der Waals surface area (Å²) in [6.45, 7) is 4.51. The van der Waals surface area contributed by atoms with Crippen LogP contribution in [0.4, 0.5) is 10.5 Å². The van der Waals surface area contributed by atoms with Gasteiger partial charge in [-0.1, -0.05) is 42.0 Å². The largest absolute Gasteiger partial charge is 0.493 e. The number of hydrogen-bond acceptors (Lipinski definition) is 3. The van der Waals surface area contributed by atoms with Crippen molar-refractivity contribution in [1.29, 1.82) is 0 Å². The third-order valence-electron chi connectivity index (χ3n) is 6.57. The molecule has 2 heterocycles. The molecule has 0 saturated carbocycles. The minimum absolute atomic E-state index is 0.166. The molecule has 0 bridgehead atoms. The number of nitrogens with one attached hydrogen (secondary N) is 1. The van der Waals surface area contributed by atoms with Crippen LogP contribution >= 0.6 is 0 Å². The molecular formula is C29H29N3O3. The second-order valence-electron chi connectivity index (χ2n) is 8.83. The molecule has 178 valence electrons. The SMILES string of the molecule is COc1ccc([C@H]2c3cccn3-c3ccccc3CN2C(=O)Nc2ccc(C)cc2C)cc1OC. The van der Waals surface area contributed by atoms with Gasteiger partial charge < -0.3 is 24.3 Å². The highest BCUT2D eigenvalue weighted by Gasteiger charge is 2.33. The zero-order valence-corrected chi connectivity index (χ0v) is 20.4. The molecule has 5 rings (SSSR count). The van der Waals surface area contributed by atoms with E-state index in [1.807, 2.05) is 73.5 Å². The molecule has 0 saturated heterocycles. The van der Waals surface area contributed by atoms with Gasteiger partial charge in [-0.25, -0.2) is 4.79 Å². The van der Waals surface area contributed by atoms with Gasteiger partial charge in [-0.05, 0) is 66.9 Å². The average Bonchev–Trinajstić information content (AvgIpc) is 3.29. The van der Waals surface area contributed by atoms with Gasteiger partial charge in [0.1, 0.15) is 0 Å². The van der Waals surface area contributed by atoms with E-state index in [4.69, 9.17) is 9.47 Å². The van der Waals surface area contributed by atoms with Crippen molar-refractivity contribution < 1.29 is 14.3 Å². The molecule has 0 fully saturated rings. The fourth-order valence-electron chi connectivity index (χ4n) is 4.85. The normalized spacial score (nSPS) is 14.5. The number of fused-ring (bicyclic) bond motifs is 3. The van der Waals surface area contributed by atoms with Crippen LogP contribution in [0.3, 0.4) is 0 Å². The Morgan fingerprint density at radius 3 is 2.49 bits per heavy atom. The molecule has 0 unspecified atom stereocenters. The fourth-order valence-corrected chi connectivity index (χ4v) is 4.85. The smallest absolute Gasteiger partial charge is 0.322 e. The van der Waals surface area contributed by atoms with Crippen molar-refractivity contribution in [3.63, 3.8) is 0 Å². The number of carbonyl (C=O) groups is 1. The number of rotatable bonds is 4. The van der Waals surface area contributed by atoms with Gasteiger partial charge in [0, 0.05) is 17.6 Å². The number of benzene rings is 3. The van der Waals surface area contributed by atoms with Gasteiger partial charge in [0.2, 0.25) is 0 Å². The summed E-state index contributed by atoms with van der Waals surface area (Å²) in [5.74, 6) is 1.27. The van der Waals surface area contributed by atoms with Crippen LogP contribution in [-0.2, 0) is 6.54 Å². The first-order valence-corrected chi connectivity index (χ1v) is 11.6. The maximum Gasteiger partial charge on any atom is 0.322 e. The quantitative estimate of drug-likeness (QED) is 0.386. The predicted octanol–water partition coefficient (Wildman–Crippen LogP) is 6.25. The minimum atomic E-state index is -0.344. The number of para-hydroxylation sites is 1. The number of nitrogens with zero attached hydrogens (tertiary/aromatic N) is 2. The fraction of sp³-hybridized carbons (Fsp3) is 0.207. The molecule has 2 amide bonds. The number of amides is 2. The first kappa shape index (κ1) is 22.6. The summed E-state index contributed by atoms with van der Waals surface area (Å²) in [7, 11) is 3.24. The topological polar surface area (TPSA) is 55.7 Å². The van der Waals surface area contributed by atoms with Crippen molar-refractivity contribution in [2.75, 3.05) is 19.5 Å². The van der Waals surface area contributed by atoms with Crippen molar-refractivity contribution in [3.8, 4) is 17.2 Å². The maximum atomic E-state index is 13.9. The molecule has 6 heteroatoms. The summed E-state index contributed by atoms with van der Waals surface area (Å²) in [6, 6.07) is 23.7. The summed E-state index contributed by atoms with van der Waals surface area (Å²) in [5, 5.41) is 3.16. The van der Waals surface area contributed by atoms with Crippen LogP contribution in [0.1, 0.15) is 34.0 Å². The number of ether oxygens (including phenoxy) is 2. The molecule has 0 spiro atoms. The average molecular weight is 468 g/mol. The number of anilines is 1. The van der Waals surface area contributed by atoms with E-state index in [9.17, 15) is 4.79 Å². The van der Waals surface area contributed by atoms with Crippen molar-refractivity contribution in [2.45, 2.75) is 26.4 Å². The Morgan fingerprint density at radius 2 is 1.71 bits per heavy atom. The summed E-state index contributed by atoms with van der Waals surface area (Å²) in [6.07, 6.45) is 2.05. The standard InChI is InChI=1S/C29H29N3O3/c1-19-11-13-23(20(2)16-19)30-29(33)32-18-22-8-5-6-9-24(22)31-15-7-10-25(31)28(32)21-12-14-26(34-3)27(17-21)35-4/h5-17,28H,18H2,1-4H3,(H,30,33)/t28-/m0/s1. The third-order valence-corrected chi connectivity index (χ3v) is 6.57. The molecule has 1 N–H and O–H groups in total. The molecule has 6 nitrogen and oxygen atoms in total. The van der Waals surface area contributed by atoms with Gasteiger partial charge >= 0.3 is 6.03 Å². The van der Waals surface area contributed by atoms with Crippen LogP contribution in [0.25, 0.3) is 5.69 Å². The van der Waals surface area contributed by atoms with E-state index in [1.165, 1.54) is 0 Å². The summed E-state index contributed by atoms with van der Waals surface area (Å²) in [5.41, 5.74) is 7.07. The Labute approximate surface area is 205 Å². The zero-order chi connectivity index (χ0) is 24.5. The highest BCUT2D eigenvalue weighted by molar-refractivity contribution is 5.91. The van der Waals surface area contributed by atoms with Gasteiger partial charge in [0.05, 0.1) is 32.5 Å². The first-order valence-electron chi connectivity index (χ1n) is 11.6. The highest BCUT2D eigenvalue weighted by Crippen LogP contribution is 2.40. The molecule has 1 aromatic heterocycles. The van der Waals surface area contributed by atoms with E-state index < -0.39 is 0 Å². The van der Waals surface area contributed by atoms with E-state index in [0.29, 0.717) is 18.0 Å². The second-order valence-corrected chi connectivity index (χ2v) is 8.83. The van der Waals surface area contributed by atoms with Crippen LogP contribution in [0, 0.1) is 13.8 Å². The van der Waals surface area contributed by atoms with Gasteiger partial charge in [0.15, 0.2) is 11.5 Å². The Hall–Kier alpha value is -4.19. The van der Waals surface area contributed by atoms with Crippen molar-refractivity contribution >= 4 is 11.7 Å². The van der Waals surface area contributed by atoms with Crippen molar-refractivity contribution in [2.24, 2.45) is 0 Å². The molecule has 4 aromatic rings. The van der Waals surface area contributed by atoms with Gasteiger partial charge in [-0.15, -0.1) is 0 Å². The Balaban J connectivity index is 1.65. The molecule has 1 atom stereocenters. The lowest BCUT2D eigenvalue weighted by Crippen LogP contribution is -2.38. The second kappa shape index (κ2) is 9.22. The van der Waals surface area contributed by atoms with Crippen LogP contribution in [0.15, 0.2) is 79.0 Å². The minimum Gasteiger partial charge on any atom is -0.493 e. The summed E-state index contributed by atoms with van der Waals surface area (Å²) < 4.78 is 13.2. The lowest BCUT2D eigenvalue weighted by molar-refractivity contribution is 0.194. The Kier molecular flexibility index (Phi) is 5.95. The van der Waals surface area contributed by atoms with Crippen LogP contribution in [-0.4, -0.2) is 29.7 Å². The van der Waals surface area contributed by atoms with Crippen molar-refractivity contribution in [3.05, 3.63) is 107 Å². The number of carbonyl (C=O) groups excluding carboxylic acids is 1. The zero-order valence-electron chi connectivity index (χ0n) is 20.4. The molecular weight excluding hydrogens is 438 g/mol. The molecule has 0 aliphatic carbocycles. The molecule has 1 aliphatic heterocycles. The highest BCUT2D eigenvalue weighted by atomic mass is 16.5. The van der Waals surface area contributed by atoms with Crippen LogP contribution in [0.2, 0.25) is 0 Å².